The van der Waals surface area contributed by atoms with Gasteiger partial charge in [-0.15, -0.1) is 0 Å². The first kappa shape index (κ1) is 18.6. The number of nitrogens with zero attached hydrogens (tertiary/aromatic N) is 1. The maximum atomic E-state index is 13.5. The highest BCUT2D eigenvalue weighted by Crippen LogP contribution is 2.38. The Kier molecular flexibility index (Phi) is 5.17. The Morgan fingerprint density at radius 1 is 1.08 bits per heavy atom. The minimum absolute atomic E-state index is 0.0305. The van der Waals surface area contributed by atoms with Gasteiger partial charge in [-0.05, 0) is 29.8 Å². The fourth-order valence-electron chi connectivity index (χ4n) is 3.28. The molecular formula is C18H21FN2O4S. The van der Waals surface area contributed by atoms with Crippen LogP contribution in [0.2, 0.25) is 0 Å². The van der Waals surface area contributed by atoms with E-state index in [0.717, 1.165) is 0 Å². The maximum absolute atomic E-state index is 13.5. The number of halogens is 1. The van der Waals surface area contributed by atoms with Gasteiger partial charge in [0.2, 0.25) is 0 Å². The van der Waals surface area contributed by atoms with E-state index in [1.54, 1.807) is 30.3 Å². The number of hydrogen-bond acceptors (Lipinski definition) is 5. The molecule has 1 aliphatic rings. The molecule has 0 saturated carbocycles. The van der Waals surface area contributed by atoms with Gasteiger partial charge in [0.15, 0.2) is 4.90 Å². The monoisotopic (exact) mass is 380 g/mol. The van der Waals surface area contributed by atoms with Crippen LogP contribution in [0.1, 0.15) is 11.5 Å². The maximum Gasteiger partial charge on any atom is 0.250 e. The van der Waals surface area contributed by atoms with Crippen LogP contribution in [0.3, 0.4) is 0 Å². The van der Waals surface area contributed by atoms with Gasteiger partial charge in [0.1, 0.15) is 17.3 Å². The quantitative estimate of drug-likeness (QED) is 0.858. The summed E-state index contributed by atoms with van der Waals surface area (Å²) in [6.07, 6.45) is 0. The number of ether oxygens (including phenoxy) is 2. The summed E-state index contributed by atoms with van der Waals surface area (Å²) >= 11 is 0. The molecule has 2 aromatic rings. The van der Waals surface area contributed by atoms with E-state index in [4.69, 9.17) is 15.2 Å². The number of benzene rings is 2. The topological polar surface area (TPSA) is 81.9 Å². The van der Waals surface area contributed by atoms with Gasteiger partial charge in [-0.2, -0.15) is 4.31 Å². The van der Waals surface area contributed by atoms with Crippen LogP contribution in [0, 0.1) is 5.82 Å². The summed E-state index contributed by atoms with van der Waals surface area (Å²) < 4.78 is 51.7. The van der Waals surface area contributed by atoms with Crippen LogP contribution in [0.15, 0.2) is 47.4 Å². The third kappa shape index (κ3) is 3.27. The molecule has 0 unspecified atom stereocenters. The second-order valence-corrected chi connectivity index (χ2v) is 8.01. The van der Waals surface area contributed by atoms with Crippen LogP contribution in [-0.4, -0.2) is 46.1 Å². The smallest absolute Gasteiger partial charge is 0.250 e. The summed E-state index contributed by atoms with van der Waals surface area (Å²) in [4.78, 5) is -0.0305. The van der Waals surface area contributed by atoms with Crippen molar-refractivity contribution in [3.8, 4) is 11.5 Å². The Labute approximate surface area is 152 Å². The van der Waals surface area contributed by atoms with E-state index in [1.807, 2.05) is 0 Å². The highest BCUT2D eigenvalue weighted by atomic mass is 32.2. The zero-order chi connectivity index (χ0) is 18.9. The van der Waals surface area contributed by atoms with Crippen molar-refractivity contribution < 1.29 is 22.3 Å². The van der Waals surface area contributed by atoms with E-state index in [0.29, 0.717) is 5.56 Å². The molecule has 26 heavy (non-hydrogen) atoms. The van der Waals surface area contributed by atoms with Gasteiger partial charge in [-0.25, -0.2) is 12.8 Å². The predicted molar refractivity (Wildman–Crippen MR) is 95.4 cm³/mol. The van der Waals surface area contributed by atoms with Crippen LogP contribution in [0.25, 0.3) is 0 Å². The first-order valence-corrected chi connectivity index (χ1v) is 9.54. The van der Waals surface area contributed by atoms with E-state index in [2.05, 4.69) is 0 Å². The third-order valence-corrected chi connectivity index (χ3v) is 6.49. The number of hydrogen-bond donors (Lipinski definition) is 1. The molecule has 2 atom stereocenters. The average Bonchev–Trinajstić information content (AvgIpc) is 3.03. The molecule has 0 radical (unpaired) electrons. The summed E-state index contributed by atoms with van der Waals surface area (Å²) in [6, 6.07) is 10.4. The minimum Gasteiger partial charge on any atom is -0.495 e. The Balaban J connectivity index is 1.97. The number of sulfonamides is 1. The minimum atomic E-state index is -3.90. The summed E-state index contributed by atoms with van der Waals surface area (Å²) in [5, 5.41) is 0. The van der Waals surface area contributed by atoms with Crippen molar-refractivity contribution in [1.82, 2.24) is 4.31 Å². The fourth-order valence-corrected chi connectivity index (χ4v) is 5.07. The molecule has 2 aromatic carbocycles. The lowest BCUT2D eigenvalue weighted by Crippen LogP contribution is -2.32. The van der Waals surface area contributed by atoms with E-state index >= 15 is 0 Å². The summed E-state index contributed by atoms with van der Waals surface area (Å²) in [5.41, 5.74) is 6.86. The van der Waals surface area contributed by atoms with Gasteiger partial charge >= 0.3 is 0 Å². The second kappa shape index (κ2) is 7.22. The number of methoxy groups -OCH3 is 2. The van der Waals surface area contributed by atoms with E-state index in [1.165, 1.54) is 30.7 Å². The first-order valence-electron chi connectivity index (χ1n) is 8.10. The summed E-state index contributed by atoms with van der Waals surface area (Å²) in [7, 11) is -1.09. The SMILES string of the molecule is COc1cccc(OC)c1S(=O)(=O)N1C[C@@H](N)[C@H](c2cccc(F)c2)C1. The molecule has 0 spiro atoms. The van der Waals surface area contributed by atoms with Crippen molar-refractivity contribution >= 4 is 10.0 Å². The van der Waals surface area contributed by atoms with Crippen LogP contribution in [-0.2, 0) is 10.0 Å². The zero-order valence-corrected chi connectivity index (χ0v) is 15.4. The molecule has 3 rings (SSSR count). The Morgan fingerprint density at radius 2 is 1.69 bits per heavy atom. The lowest BCUT2D eigenvalue weighted by atomic mass is 9.95. The van der Waals surface area contributed by atoms with Gasteiger partial charge in [-0.3, -0.25) is 0 Å². The summed E-state index contributed by atoms with van der Waals surface area (Å²) in [5.74, 6) is -0.261. The van der Waals surface area contributed by atoms with Crippen molar-refractivity contribution in [2.45, 2.75) is 16.9 Å². The number of rotatable bonds is 5. The molecular weight excluding hydrogens is 359 g/mol. The van der Waals surface area contributed by atoms with Gasteiger partial charge in [0.05, 0.1) is 14.2 Å². The van der Waals surface area contributed by atoms with Gasteiger partial charge < -0.3 is 15.2 Å². The molecule has 1 fully saturated rings. The van der Waals surface area contributed by atoms with Crippen molar-refractivity contribution in [1.29, 1.82) is 0 Å². The number of nitrogens with two attached hydrogens (primary N) is 1. The predicted octanol–water partition coefficient (Wildman–Crippen LogP) is 1.96. The van der Waals surface area contributed by atoms with Gasteiger partial charge in [0, 0.05) is 25.0 Å². The van der Waals surface area contributed by atoms with E-state index < -0.39 is 16.1 Å². The molecule has 0 aromatic heterocycles. The normalized spacial score (nSPS) is 20.9. The Morgan fingerprint density at radius 3 is 2.27 bits per heavy atom. The molecule has 6 nitrogen and oxygen atoms in total. The molecule has 0 amide bonds. The highest BCUT2D eigenvalue weighted by molar-refractivity contribution is 7.89. The third-order valence-electron chi connectivity index (χ3n) is 4.59. The van der Waals surface area contributed by atoms with Crippen LogP contribution in [0.5, 0.6) is 11.5 Å². The lowest BCUT2D eigenvalue weighted by Gasteiger charge is -2.20. The van der Waals surface area contributed by atoms with E-state index in [-0.39, 0.29) is 41.2 Å². The molecule has 0 bridgehead atoms. The molecule has 1 aliphatic heterocycles. The second-order valence-electron chi connectivity index (χ2n) is 6.14. The van der Waals surface area contributed by atoms with Crippen molar-refractivity contribution in [3.05, 3.63) is 53.8 Å². The molecule has 2 N–H and O–H groups in total. The lowest BCUT2D eigenvalue weighted by molar-refractivity contribution is 0.368. The molecule has 140 valence electrons. The zero-order valence-electron chi connectivity index (χ0n) is 14.6. The first-order chi connectivity index (χ1) is 12.4. The Hall–Kier alpha value is -2.16. The molecule has 0 aliphatic carbocycles. The molecule has 8 heteroatoms. The van der Waals surface area contributed by atoms with Gasteiger partial charge in [-0.1, -0.05) is 18.2 Å². The highest BCUT2D eigenvalue weighted by Gasteiger charge is 2.40. The average molecular weight is 380 g/mol. The van der Waals surface area contributed by atoms with Crippen molar-refractivity contribution in [2.75, 3.05) is 27.3 Å². The van der Waals surface area contributed by atoms with Crippen molar-refractivity contribution in [2.24, 2.45) is 5.73 Å². The summed E-state index contributed by atoms with van der Waals surface area (Å²) in [6.45, 7) is 0.291. The standard InChI is InChI=1S/C18H21FN2O4S/c1-24-16-7-4-8-17(25-2)18(16)26(22,23)21-10-14(15(20)11-21)12-5-3-6-13(19)9-12/h3-9,14-15H,10-11,20H2,1-2H3/t14-,15+/m0/s1. The molecule has 1 heterocycles. The van der Waals surface area contributed by atoms with Crippen LogP contribution in [0.4, 0.5) is 4.39 Å². The van der Waals surface area contributed by atoms with E-state index in [9.17, 15) is 12.8 Å². The molecule has 1 saturated heterocycles. The van der Waals surface area contributed by atoms with Gasteiger partial charge in [0.25, 0.3) is 10.0 Å². The van der Waals surface area contributed by atoms with Crippen LogP contribution >= 0.6 is 0 Å². The van der Waals surface area contributed by atoms with Crippen molar-refractivity contribution in [3.63, 3.8) is 0 Å². The Bertz CT molecular complexity index is 882. The van der Waals surface area contributed by atoms with Crippen LogP contribution < -0.4 is 15.2 Å². The largest absolute Gasteiger partial charge is 0.495 e. The fraction of sp³-hybridized carbons (Fsp3) is 0.333.